The molecule has 1 aromatic heterocycles. The molecule has 0 spiro atoms. The second kappa shape index (κ2) is 6.44. The molecule has 0 saturated carbocycles. The molecule has 1 fully saturated rings. The molecule has 1 saturated heterocycles. The van der Waals surface area contributed by atoms with Crippen molar-refractivity contribution >= 4 is 11.3 Å². The van der Waals surface area contributed by atoms with Crippen LogP contribution in [-0.2, 0) is 24.3 Å². The molecule has 0 atom stereocenters. The van der Waals surface area contributed by atoms with E-state index in [9.17, 15) is 0 Å². The maximum atomic E-state index is 5.72. The van der Waals surface area contributed by atoms with Crippen LogP contribution in [0.15, 0.2) is 0 Å². The number of ether oxygens (including phenoxy) is 1. The monoisotopic (exact) mass is 255 g/mol. The lowest BCUT2D eigenvalue weighted by atomic mass is 10.3. The Kier molecular flexibility index (Phi) is 4.91. The van der Waals surface area contributed by atoms with E-state index in [2.05, 4.69) is 9.88 Å². The minimum absolute atomic E-state index is 0.570. The fraction of sp³-hybridized carbons (Fsp3) is 0.750. The van der Waals surface area contributed by atoms with Crippen molar-refractivity contribution in [3.05, 3.63) is 15.6 Å². The van der Waals surface area contributed by atoms with E-state index in [0.717, 1.165) is 18.7 Å². The van der Waals surface area contributed by atoms with Gasteiger partial charge >= 0.3 is 0 Å². The van der Waals surface area contributed by atoms with Crippen LogP contribution in [0.3, 0.4) is 0 Å². The van der Waals surface area contributed by atoms with E-state index in [-0.39, 0.29) is 0 Å². The number of likely N-dealkylation sites (tertiary alicyclic amines) is 1. The minimum atomic E-state index is 0.570. The summed E-state index contributed by atoms with van der Waals surface area (Å²) >= 11 is 1.74. The zero-order valence-electron chi connectivity index (χ0n) is 10.4. The number of hydrogen-bond acceptors (Lipinski definition) is 5. The summed E-state index contributed by atoms with van der Waals surface area (Å²) in [6.45, 7) is 4.77. The van der Waals surface area contributed by atoms with E-state index < -0.39 is 0 Å². The molecule has 2 heterocycles. The maximum Gasteiger partial charge on any atom is 0.0945 e. The van der Waals surface area contributed by atoms with Crippen LogP contribution in [-0.4, -0.2) is 36.6 Å². The van der Waals surface area contributed by atoms with Crippen molar-refractivity contribution in [2.75, 3.05) is 26.7 Å². The average Bonchev–Trinajstić information content (AvgIpc) is 2.95. The SMILES string of the molecule is COCc1nc(CCN2CCCC2)sc1CN. The fourth-order valence-corrected chi connectivity index (χ4v) is 3.15. The summed E-state index contributed by atoms with van der Waals surface area (Å²) in [5.41, 5.74) is 6.74. The van der Waals surface area contributed by atoms with Crippen LogP contribution in [0.4, 0.5) is 0 Å². The minimum Gasteiger partial charge on any atom is -0.378 e. The molecular formula is C12H21N3OS. The molecule has 1 aliphatic heterocycles. The van der Waals surface area contributed by atoms with Crippen LogP contribution in [0, 0.1) is 0 Å². The third-order valence-corrected chi connectivity index (χ3v) is 4.31. The Morgan fingerprint density at radius 2 is 2.18 bits per heavy atom. The fourth-order valence-electron chi connectivity index (χ4n) is 2.21. The van der Waals surface area contributed by atoms with Crippen molar-refractivity contribution in [3.8, 4) is 0 Å². The molecule has 0 radical (unpaired) electrons. The number of methoxy groups -OCH3 is 1. The number of nitrogens with two attached hydrogens (primary N) is 1. The summed E-state index contributed by atoms with van der Waals surface area (Å²) in [5.74, 6) is 0. The predicted molar refractivity (Wildman–Crippen MR) is 70.1 cm³/mol. The summed E-state index contributed by atoms with van der Waals surface area (Å²) in [7, 11) is 1.70. The largest absolute Gasteiger partial charge is 0.378 e. The lowest BCUT2D eigenvalue weighted by Gasteiger charge is -2.12. The molecule has 0 bridgehead atoms. The Bertz CT molecular complexity index is 348. The van der Waals surface area contributed by atoms with Crippen molar-refractivity contribution in [1.29, 1.82) is 0 Å². The Morgan fingerprint density at radius 3 is 2.82 bits per heavy atom. The van der Waals surface area contributed by atoms with E-state index in [0.29, 0.717) is 13.2 Å². The first-order valence-electron chi connectivity index (χ1n) is 6.22. The van der Waals surface area contributed by atoms with Gasteiger partial charge in [0, 0.05) is 31.5 Å². The third-order valence-electron chi connectivity index (χ3n) is 3.13. The van der Waals surface area contributed by atoms with Crippen molar-refractivity contribution in [2.45, 2.75) is 32.4 Å². The summed E-state index contributed by atoms with van der Waals surface area (Å²) in [6, 6.07) is 0. The van der Waals surface area contributed by atoms with Gasteiger partial charge in [-0.15, -0.1) is 11.3 Å². The van der Waals surface area contributed by atoms with Crippen LogP contribution in [0.1, 0.15) is 28.4 Å². The molecule has 96 valence electrons. The normalized spacial score (nSPS) is 16.8. The quantitative estimate of drug-likeness (QED) is 0.834. The summed E-state index contributed by atoms with van der Waals surface area (Å²) in [6.07, 6.45) is 3.74. The summed E-state index contributed by atoms with van der Waals surface area (Å²) < 4.78 is 5.14. The average molecular weight is 255 g/mol. The molecule has 2 rings (SSSR count). The molecular weight excluding hydrogens is 234 g/mol. The highest BCUT2D eigenvalue weighted by Gasteiger charge is 2.14. The van der Waals surface area contributed by atoms with Gasteiger partial charge in [0.05, 0.1) is 17.3 Å². The number of hydrogen-bond donors (Lipinski definition) is 1. The van der Waals surface area contributed by atoms with Crippen molar-refractivity contribution in [1.82, 2.24) is 9.88 Å². The lowest BCUT2D eigenvalue weighted by molar-refractivity contribution is 0.181. The predicted octanol–water partition coefficient (Wildman–Crippen LogP) is 1.39. The van der Waals surface area contributed by atoms with Gasteiger partial charge < -0.3 is 15.4 Å². The first-order valence-corrected chi connectivity index (χ1v) is 7.04. The van der Waals surface area contributed by atoms with Gasteiger partial charge in [0.1, 0.15) is 0 Å². The van der Waals surface area contributed by atoms with Crippen LogP contribution >= 0.6 is 11.3 Å². The van der Waals surface area contributed by atoms with E-state index >= 15 is 0 Å². The van der Waals surface area contributed by atoms with Crippen molar-refractivity contribution < 1.29 is 4.74 Å². The molecule has 1 aliphatic rings. The van der Waals surface area contributed by atoms with Gasteiger partial charge in [-0.3, -0.25) is 0 Å². The van der Waals surface area contributed by atoms with Gasteiger partial charge in [0.2, 0.25) is 0 Å². The zero-order chi connectivity index (χ0) is 12.1. The molecule has 17 heavy (non-hydrogen) atoms. The second-order valence-corrected chi connectivity index (χ2v) is 5.58. The van der Waals surface area contributed by atoms with Crippen LogP contribution in [0.25, 0.3) is 0 Å². The van der Waals surface area contributed by atoms with Crippen LogP contribution in [0.5, 0.6) is 0 Å². The second-order valence-electron chi connectivity index (χ2n) is 4.41. The number of nitrogens with zero attached hydrogens (tertiary/aromatic N) is 2. The molecule has 0 aromatic carbocycles. The first-order chi connectivity index (χ1) is 8.33. The van der Waals surface area contributed by atoms with Gasteiger partial charge in [0.15, 0.2) is 0 Å². The highest BCUT2D eigenvalue weighted by Crippen LogP contribution is 2.20. The van der Waals surface area contributed by atoms with E-state index in [4.69, 9.17) is 10.5 Å². The molecule has 0 aliphatic carbocycles. The van der Waals surface area contributed by atoms with E-state index in [1.165, 1.54) is 35.8 Å². The van der Waals surface area contributed by atoms with Crippen molar-refractivity contribution in [2.24, 2.45) is 5.73 Å². The van der Waals surface area contributed by atoms with Crippen molar-refractivity contribution in [3.63, 3.8) is 0 Å². The standard InChI is InChI=1S/C12H21N3OS/c1-16-9-10-11(8-13)17-12(14-10)4-7-15-5-2-3-6-15/h2-9,13H2,1H3. The Balaban J connectivity index is 1.90. The van der Waals surface area contributed by atoms with E-state index in [1.807, 2.05) is 0 Å². The van der Waals surface area contributed by atoms with Crippen LogP contribution < -0.4 is 5.73 Å². The van der Waals surface area contributed by atoms with E-state index in [1.54, 1.807) is 18.4 Å². The number of thiazole rings is 1. The molecule has 0 amide bonds. The van der Waals surface area contributed by atoms with Gasteiger partial charge in [-0.25, -0.2) is 4.98 Å². The number of aromatic nitrogens is 1. The Labute approximate surface area is 107 Å². The van der Waals surface area contributed by atoms with Gasteiger partial charge in [-0.05, 0) is 25.9 Å². The zero-order valence-corrected chi connectivity index (χ0v) is 11.3. The highest BCUT2D eigenvalue weighted by molar-refractivity contribution is 7.11. The molecule has 4 nitrogen and oxygen atoms in total. The van der Waals surface area contributed by atoms with Gasteiger partial charge in [0.25, 0.3) is 0 Å². The highest BCUT2D eigenvalue weighted by atomic mass is 32.1. The summed E-state index contributed by atoms with van der Waals surface area (Å²) in [4.78, 5) is 8.30. The van der Waals surface area contributed by atoms with Gasteiger partial charge in [-0.1, -0.05) is 0 Å². The molecule has 2 N–H and O–H groups in total. The van der Waals surface area contributed by atoms with Crippen LogP contribution in [0.2, 0.25) is 0 Å². The smallest absolute Gasteiger partial charge is 0.0945 e. The maximum absolute atomic E-state index is 5.72. The van der Waals surface area contributed by atoms with Gasteiger partial charge in [-0.2, -0.15) is 0 Å². The molecule has 0 unspecified atom stereocenters. The Hall–Kier alpha value is -0.490. The molecule has 5 heteroatoms. The lowest BCUT2D eigenvalue weighted by Crippen LogP contribution is -2.21. The Morgan fingerprint density at radius 1 is 1.41 bits per heavy atom. The first kappa shape index (κ1) is 13.0. The summed E-state index contributed by atoms with van der Waals surface area (Å²) in [5, 5.41) is 1.20. The number of rotatable bonds is 6. The molecule has 1 aromatic rings. The topological polar surface area (TPSA) is 51.4 Å². The third kappa shape index (κ3) is 3.48.